The maximum absolute atomic E-state index is 11.9. The Labute approximate surface area is 129 Å². The van der Waals surface area contributed by atoms with Gasteiger partial charge in [-0.1, -0.05) is 18.2 Å². The summed E-state index contributed by atoms with van der Waals surface area (Å²) < 4.78 is 0. The lowest BCUT2D eigenvalue weighted by atomic mass is 10.1. The van der Waals surface area contributed by atoms with Crippen molar-refractivity contribution in [3.63, 3.8) is 0 Å². The average Bonchev–Trinajstić information content (AvgIpc) is 2.48. The molecule has 0 aromatic heterocycles. The van der Waals surface area contributed by atoms with Crippen LogP contribution in [0.25, 0.3) is 0 Å². The van der Waals surface area contributed by atoms with Crippen LogP contribution in [0.2, 0.25) is 0 Å². The Kier molecular flexibility index (Phi) is 5.42. The summed E-state index contributed by atoms with van der Waals surface area (Å²) in [6, 6.07) is 13.4. The molecular formula is C17H19NO2S. The lowest BCUT2D eigenvalue weighted by Gasteiger charge is -2.07. The Bertz CT molecular complexity index is 640. The number of carbonyl (C=O) groups excluding carboxylic acids is 1. The van der Waals surface area contributed by atoms with Gasteiger partial charge in [0.1, 0.15) is 0 Å². The molecule has 0 atom stereocenters. The first-order chi connectivity index (χ1) is 10.1. The van der Waals surface area contributed by atoms with Gasteiger partial charge in [0.2, 0.25) is 5.91 Å². The predicted octanol–water partition coefficient (Wildman–Crippen LogP) is 3.53. The number of benzene rings is 2. The summed E-state index contributed by atoms with van der Waals surface area (Å²) in [4.78, 5) is 13.0. The second kappa shape index (κ2) is 7.29. The van der Waals surface area contributed by atoms with E-state index in [1.165, 1.54) is 22.9 Å². The third kappa shape index (κ3) is 4.62. The Morgan fingerprint density at radius 1 is 1.14 bits per heavy atom. The highest BCUT2D eigenvalue weighted by atomic mass is 32.2. The van der Waals surface area contributed by atoms with E-state index in [4.69, 9.17) is 5.11 Å². The number of rotatable bonds is 5. The maximum atomic E-state index is 11.9. The molecule has 21 heavy (non-hydrogen) atoms. The van der Waals surface area contributed by atoms with E-state index >= 15 is 0 Å². The standard InChI is InChI=1S/C17H19NO2S/c1-12-6-7-16(8-13(12)2)21-11-17(20)18-15-5-3-4-14(9-15)10-19/h3-9,19H,10-11H2,1-2H3,(H,18,20). The molecule has 0 aliphatic rings. The van der Waals surface area contributed by atoms with Crippen molar-refractivity contribution in [3.8, 4) is 0 Å². The Hall–Kier alpha value is -1.78. The number of aryl methyl sites for hydroxylation is 2. The first-order valence-electron chi connectivity index (χ1n) is 6.78. The van der Waals surface area contributed by atoms with Crippen molar-refractivity contribution in [2.24, 2.45) is 0 Å². The number of hydrogen-bond acceptors (Lipinski definition) is 3. The van der Waals surface area contributed by atoms with Gasteiger partial charge in [-0.15, -0.1) is 11.8 Å². The van der Waals surface area contributed by atoms with E-state index in [1.807, 2.05) is 24.3 Å². The number of amides is 1. The van der Waals surface area contributed by atoms with E-state index in [1.54, 1.807) is 6.07 Å². The third-order valence-electron chi connectivity index (χ3n) is 3.24. The Morgan fingerprint density at radius 2 is 1.95 bits per heavy atom. The fourth-order valence-electron chi connectivity index (χ4n) is 1.90. The van der Waals surface area contributed by atoms with Crippen LogP contribution in [0.15, 0.2) is 47.4 Å². The van der Waals surface area contributed by atoms with Crippen molar-refractivity contribution < 1.29 is 9.90 Å². The van der Waals surface area contributed by atoms with Crippen LogP contribution in [0.5, 0.6) is 0 Å². The van der Waals surface area contributed by atoms with E-state index in [-0.39, 0.29) is 12.5 Å². The molecule has 0 saturated heterocycles. The zero-order valence-corrected chi connectivity index (χ0v) is 13.0. The molecule has 0 unspecified atom stereocenters. The molecule has 0 spiro atoms. The minimum atomic E-state index is -0.0479. The van der Waals surface area contributed by atoms with Gasteiger partial charge in [0.05, 0.1) is 12.4 Å². The summed E-state index contributed by atoms with van der Waals surface area (Å²) in [6.45, 7) is 4.12. The third-order valence-corrected chi connectivity index (χ3v) is 4.24. The summed E-state index contributed by atoms with van der Waals surface area (Å²) >= 11 is 1.52. The SMILES string of the molecule is Cc1ccc(SCC(=O)Nc2cccc(CO)c2)cc1C. The van der Waals surface area contributed by atoms with Gasteiger partial charge in [0.15, 0.2) is 0 Å². The first kappa shape index (κ1) is 15.6. The summed E-state index contributed by atoms with van der Waals surface area (Å²) in [5, 5.41) is 11.9. The van der Waals surface area contributed by atoms with E-state index < -0.39 is 0 Å². The zero-order valence-electron chi connectivity index (χ0n) is 12.2. The molecule has 0 radical (unpaired) electrons. The second-order valence-corrected chi connectivity index (χ2v) is 5.99. The lowest BCUT2D eigenvalue weighted by molar-refractivity contribution is -0.113. The molecule has 0 fully saturated rings. The maximum Gasteiger partial charge on any atom is 0.234 e. The zero-order chi connectivity index (χ0) is 15.2. The first-order valence-corrected chi connectivity index (χ1v) is 7.77. The van der Waals surface area contributed by atoms with Crippen molar-refractivity contribution >= 4 is 23.4 Å². The molecule has 0 aliphatic heterocycles. The topological polar surface area (TPSA) is 49.3 Å². The molecule has 2 N–H and O–H groups in total. The molecule has 4 heteroatoms. The average molecular weight is 301 g/mol. The van der Waals surface area contributed by atoms with E-state index in [9.17, 15) is 4.79 Å². The summed E-state index contributed by atoms with van der Waals surface area (Å²) in [6.07, 6.45) is 0. The minimum Gasteiger partial charge on any atom is -0.392 e. The van der Waals surface area contributed by atoms with E-state index in [0.29, 0.717) is 11.4 Å². The summed E-state index contributed by atoms with van der Waals surface area (Å²) in [7, 11) is 0. The number of hydrogen-bond donors (Lipinski definition) is 2. The monoisotopic (exact) mass is 301 g/mol. The van der Waals surface area contributed by atoms with Gasteiger partial charge in [-0.25, -0.2) is 0 Å². The number of thioether (sulfide) groups is 1. The van der Waals surface area contributed by atoms with Crippen molar-refractivity contribution in [1.29, 1.82) is 0 Å². The molecule has 0 aliphatic carbocycles. The second-order valence-electron chi connectivity index (χ2n) is 4.94. The molecule has 2 rings (SSSR count). The van der Waals surface area contributed by atoms with Crippen molar-refractivity contribution in [3.05, 3.63) is 59.2 Å². The number of carbonyl (C=O) groups is 1. The van der Waals surface area contributed by atoms with Gasteiger partial charge < -0.3 is 10.4 Å². The molecule has 0 heterocycles. The van der Waals surface area contributed by atoms with Crippen LogP contribution in [0.4, 0.5) is 5.69 Å². The highest BCUT2D eigenvalue weighted by Gasteiger charge is 2.05. The van der Waals surface area contributed by atoms with E-state index in [2.05, 4.69) is 31.3 Å². The fraction of sp³-hybridized carbons (Fsp3) is 0.235. The van der Waals surface area contributed by atoms with Crippen LogP contribution in [0.1, 0.15) is 16.7 Å². The number of anilines is 1. The molecule has 0 saturated carbocycles. The molecule has 3 nitrogen and oxygen atoms in total. The fourth-order valence-corrected chi connectivity index (χ4v) is 2.69. The normalized spacial score (nSPS) is 10.4. The van der Waals surface area contributed by atoms with Crippen LogP contribution >= 0.6 is 11.8 Å². The van der Waals surface area contributed by atoms with Gasteiger partial charge in [0, 0.05) is 10.6 Å². The van der Waals surface area contributed by atoms with Gasteiger partial charge in [-0.2, -0.15) is 0 Å². The van der Waals surface area contributed by atoms with Crippen LogP contribution in [-0.2, 0) is 11.4 Å². The van der Waals surface area contributed by atoms with Crippen LogP contribution in [-0.4, -0.2) is 16.8 Å². The highest BCUT2D eigenvalue weighted by molar-refractivity contribution is 8.00. The van der Waals surface area contributed by atoms with Crippen LogP contribution in [0.3, 0.4) is 0 Å². The smallest absolute Gasteiger partial charge is 0.234 e. The summed E-state index contributed by atoms with van der Waals surface area (Å²) in [5.74, 6) is 0.319. The largest absolute Gasteiger partial charge is 0.392 e. The molecule has 110 valence electrons. The highest BCUT2D eigenvalue weighted by Crippen LogP contribution is 2.21. The minimum absolute atomic E-state index is 0.0267. The van der Waals surface area contributed by atoms with Crippen molar-refractivity contribution in [2.75, 3.05) is 11.1 Å². The molecule has 0 bridgehead atoms. The quantitative estimate of drug-likeness (QED) is 0.831. The van der Waals surface area contributed by atoms with Gasteiger partial charge in [-0.3, -0.25) is 4.79 Å². The predicted molar refractivity (Wildman–Crippen MR) is 87.6 cm³/mol. The van der Waals surface area contributed by atoms with Crippen molar-refractivity contribution in [1.82, 2.24) is 0 Å². The Balaban J connectivity index is 1.90. The molecule has 1 amide bonds. The van der Waals surface area contributed by atoms with Gasteiger partial charge in [-0.05, 0) is 54.8 Å². The van der Waals surface area contributed by atoms with Crippen LogP contribution in [0, 0.1) is 13.8 Å². The number of nitrogens with one attached hydrogen (secondary N) is 1. The van der Waals surface area contributed by atoms with Crippen molar-refractivity contribution in [2.45, 2.75) is 25.3 Å². The van der Waals surface area contributed by atoms with Crippen LogP contribution < -0.4 is 5.32 Å². The number of aliphatic hydroxyl groups is 1. The Morgan fingerprint density at radius 3 is 2.67 bits per heavy atom. The summed E-state index contributed by atoms with van der Waals surface area (Å²) in [5.41, 5.74) is 3.99. The van der Waals surface area contributed by atoms with Gasteiger partial charge in [0.25, 0.3) is 0 Å². The van der Waals surface area contributed by atoms with Gasteiger partial charge >= 0.3 is 0 Å². The van der Waals surface area contributed by atoms with E-state index in [0.717, 1.165) is 10.5 Å². The lowest BCUT2D eigenvalue weighted by Crippen LogP contribution is -2.14. The molecule has 2 aromatic rings. The number of aliphatic hydroxyl groups excluding tert-OH is 1. The molecule has 2 aromatic carbocycles. The molecular weight excluding hydrogens is 282 g/mol.